The molecule has 0 radical (unpaired) electrons. The molecule has 17 heavy (non-hydrogen) atoms. The molecular weight excluding hydrogens is 230 g/mol. The van der Waals surface area contributed by atoms with Crippen LogP contribution >= 0.6 is 0 Å². The van der Waals surface area contributed by atoms with Crippen molar-refractivity contribution in [1.82, 2.24) is 10.6 Å². The molecule has 0 aliphatic carbocycles. The second kappa shape index (κ2) is 8.48. The van der Waals surface area contributed by atoms with Crippen molar-refractivity contribution in [3.8, 4) is 0 Å². The number of carbonyl (C=O) groups is 3. The van der Waals surface area contributed by atoms with Crippen LogP contribution < -0.4 is 16.4 Å². The van der Waals surface area contributed by atoms with E-state index in [9.17, 15) is 14.4 Å². The van der Waals surface area contributed by atoms with E-state index < -0.39 is 30.2 Å². The van der Waals surface area contributed by atoms with Gasteiger partial charge in [-0.25, -0.2) is 0 Å². The molecule has 0 saturated carbocycles. The van der Waals surface area contributed by atoms with Gasteiger partial charge in [0.2, 0.25) is 11.8 Å². The molecule has 1 unspecified atom stereocenters. The van der Waals surface area contributed by atoms with Crippen LogP contribution in [0.3, 0.4) is 0 Å². The van der Waals surface area contributed by atoms with Crippen LogP contribution in [0.1, 0.15) is 6.42 Å². The Morgan fingerprint density at radius 1 is 1.35 bits per heavy atom. The predicted molar refractivity (Wildman–Crippen MR) is 58.1 cm³/mol. The first-order valence-corrected chi connectivity index (χ1v) is 4.98. The maximum Gasteiger partial charge on any atom is 0.305 e. The lowest BCUT2D eigenvalue weighted by atomic mass is 10.2. The first kappa shape index (κ1) is 15.3. The fourth-order valence-electron chi connectivity index (χ4n) is 0.934. The van der Waals surface area contributed by atoms with Crippen LogP contribution in [0.25, 0.3) is 0 Å². The number of methoxy groups -OCH3 is 1. The molecule has 8 heteroatoms. The van der Waals surface area contributed by atoms with Gasteiger partial charge in [0.25, 0.3) is 0 Å². The Bertz CT molecular complexity index is 282. The number of carboxylic acids is 1. The highest BCUT2D eigenvalue weighted by Crippen LogP contribution is 1.87. The van der Waals surface area contributed by atoms with Gasteiger partial charge in [0.15, 0.2) is 0 Å². The highest BCUT2D eigenvalue weighted by atomic mass is 16.5. The Kier molecular flexibility index (Phi) is 7.65. The van der Waals surface area contributed by atoms with Crippen LogP contribution in [0.5, 0.6) is 0 Å². The summed E-state index contributed by atoms with van der Waals surface area (Å²) in [6.45, 7) is 0.473. The Balaban J connectivity index is 3.75. The Morgan fingerprint density at radius 3 is 2.53 bits per heavy atom. The van der Waals surface area contributed by atoms with Crippen molar-refractivity contribution < 1.29 is 24.2 Å². The second-order valence-electron chi connectivity index (χ2n) is 3.26. The zero-order valence-corrected chi connectivity index (χ0v) is 9.56. The summed E-state index contributed by atoms with van der Waals surface area (Å²) in [7, 11) is 1.50. The van der Waals surface area contributed by atoms with Crippen molar-refractivity contribution in [2.45, 2.75) is 12.5 Å². The zero-order chi connectivity index (χ0) is 13.3. The van der Waals surface area contributed by atoms with Gasteiger partial charge in [0.1, 0.15) is 0 Å². The van der Waals surface area contributed by atoms with Crippen LogP contribution in [-0.2, 0) is 19.1 Å². The minimum Gasteiger partial charge on any atom is -0.481 e. The quantitative estimate of drug-likeness (QED) is 0.356. The van der Waals surface area contributed by atoms with Crippen LogP contribution in [0.2, 0.25) is 0 Å². The topological polar surface area (TPSA) is 131 Å². The number of hydrogen-bond acceptors (Lipinski definition) is 5. The van der Waals surface area contributed by atoms with E-state index in [0.717, 1.165) is 0 Å². The van der Waals surface area contributed by atoms with E-state index in [4.69, 9.17) is 15.6 Å². The number of aliphatic carboxylic acids is 1. The van der Waals surface area contributed by atoms with Gasteiger partial charge in [-0.2, -0.15) is 0 Å². The van der Waals surface area contributed by atoms with E-state index in [1.54, 1.807) is 0 Å². The molecule has 0 rings (SSSR count). The first-order chi connectivity index (χ1) is 7.97. The SMILES string of the molecule is COCCNC(=O)CNC(=O)C(N)CC(=O)O. The largest absolute Gasteiger partial charge is 0.481 e. The van der Waals surface area contributed by atoms with Crippen molar-refractivity contribution in [2.24, 2.45) is 5.73 Å². The van der Waals surface area contributed by atoms with Crippen LogP contribution in [-0.4, -0.2) is 55.7 Å². The van der Waals surface area contributed by atoms with E-state index in [1.165, 1.54) is 7.11 Å². The number of carbonyl (C=O) groups excluding carboxylic acids is 2. The molecule has 0 spiro atoms. The Labute approximate surface area is 98.5 Å². The van der Waals surface area contributed by atoms with Crippen LogP contribution in [0.15, 0.2) is 0 Å². The summed E-state index contributed by atoms with van der Waals surface area (Å²) in [5.41, 5.74) is 5.28. The summed E-state index contributed by atoms with van der Waals surface area (Å²) in [5, 5.41) is 13.1. The summed E-state index contributed by atoms with van der Waals surface area (Å²) in [4.78, 5) is 32.6. The molecular formula is C9H17N3O5. The number of ether oxygens (including phenoxy) is 1. The summed E-state index contributed by atoms with van der Waals surface area (Å²) in [5.74, 6) is -2.23. The average Bonchev–Trinajstić information content (AvgIpc) is 2.25. The van der Waals surface area contributed by atoms with Crippen molar-refractivity contribution >= 4 is 17.8 Å². The van der Waals surface area contributed by atoms with E-state index >= 15 is 0 Å². The molecule has 0 aliphatic rings. The van der Waals surface area contributed by atoms with Crippen molar-refractivity contribution in [3.63, 3.8) is 0 Å². The average molecular weight is 247 g/mol. The normalized spacial score (nSPS) is 11.6. The van der Waals surface area contributed by atoms with Gasteiger partial charge in [-0.15, -0.1) is 0 Å². The summed E-state index contributed by atoms with van der Waals surface area (Å²) in [6.07, 6.45) is -0.475. The molecule has 8 nitrogen and oxygen atoms in total. The lowest BCUT2D eigenvalue weighted by molar-refractivity contribution is -0.139. The van der Waals surface area contributed by atoms with Gasteiger partial charge in [-0.3, -0.25) is 14.4 Å². The number of nitrogens with two attached hydrogens (primary N) is 1. The summed E-state index contributed by atoms with van der Waals surface area (Å²) in [6, 6.07) is -1.15. The highest BCUT2D eigenvalue weighted by Gasteiger charge is 2.17. The summed E-state index contributed by atoms with van der Waals surface area (Å²) < 4.78 is 4.71. The van der Waals surface area contributed by atoms with E-state index in [-0.39, 0.29) is 6.54 Å². The van der Waals surface area contributed by atoms with Crippen molar-refractivity contribution in [2.75, 3.05) is 26.8 Å². The first-order valence-electron chi connectivity index (χ1n) is 4.98. The molecule has 0 aromatic heterocycles. The lowest BCUT2D eigenvalue weighted by Gasteiger charge is -2.10. The molecule has 0 aromatic carbocycles. The standard InChI is InChI=1S/C9H17N3O5/c1-17-3-2-11-7(13)5-12-9(16)6(10)4-8(14)15/h6H,2-5,10H2,1H3,(H,11,13)(H,12,16)(H,14,15). The number of nitrogens with one attached hydrogen (secondary N) is 2. The lowest BCUT2D eigenvalue weighted by Crippen LogP contribution is -2.46. The third-order valence-corrected chi connectivity index (χ3v) is 1.78. The van der Waals surface area contributed by atoms with Crippen molar-refractivity contribution in [3.05, 3.63) is 0 Å². The summed E-state index contributed by atoms with van der Waals surface area (Å²) >= 11 is 0. The van der Waals surface area contributed by atoms with E-state index in [2.05, 4.69) is 10.6 Å². The molecule has 0 heterocycles. The maximum absolute atomic E-state index is 11.2. The number of carboxylic acid groups (broad SMARTS) is 1. The number of rotatable bonds is 8. The minimum absolute atomic E-state index is 0.240. The molecule has 0 aromatic rings. The smallest absolute Gasteiger partial charge is 0.305 e. The molecule has 0 aliphatic heterocycles. The van der Waals surface area contributed by atoms with Crippen LogP contribution in [0, 0.1) is 0 Å². The third kappa shape index (κ3) is 8.17. The van der Waals surface area contributed by atoms with E-state index in [1.807, 2.05) is 0 Å². The van der Waals surface area contributed by atoms with E-state index in [0.29, 0.717) is 13.2 Å². The molecule has 98 valence electrons. The zero-order valence-electron chi connectivity index (χ0n) is 9.56. The fourth-order valence-corrected chi connectivity index (χ4v) is 0.934. The molecule has 0 saturated heterocycles. The van der Waals surface area contributed by atoms with Gasteiger partial charge >= 0.3 is 5.97 Å². The molecule has 5 N–H and O–H groups in total. The molecule has 1 atom stereocenters. The number of amides is 2. The van der Waals surface area contributed by atoms with Crippen molar-refractivity contribution in [1.29, 1.82) is 0 Å². The van der Waals surface area contributed by atoms with Gasteiger partial charge in [0, 0.05) is 13.7 Å². The van der Waals surface area contributed by atoms with Gasteiger partial charge < -0.3 is 26.2 Å². The number of hydrogen-bond donors (Lipinski definition) is 4. The predicted octanol–water partition coefficient (Wildman–Crippen LogP) is -2.33. The fraction of sp³-hybridized carbons (Fsp3) is 0.667. The minimum atomic E-state index is -1.17. The molecule has 0 bridgehead atoms. The molecule has 2 amide bonds. The molecule has 0 fully saturated rings. The monoisotopic (exact) mass is 247 g/mol. The van der Waals surface area contributed by atoms with Crippen LogP contribution in [0.4, 0.5) is 0 Å². The third-order valence-electron chi connectivity index (χ3n) is 1.78. The van der Waals surface area contributed by atoms with Gasteiger partial charge in [0.05, 0.1) is 25.6 Å². The highest BCUT2D eigenvalue weighted by molar-refractivity contribution is 5.89. The second-order valence-corrected chi connectivity index (χ2v) is 3.26. The Morgan fingerprint density at radius 2 is 2.00 bits per heavy atom. The maximum atomic E-state index is 11.2. The van der Waals surface area contributed by atoms with Gasteiger partial charge in [-0.1, -0.05) is 0 Å². The van der Waals surface area contributed by atoms with Gasteiger partial charge in [-0.05, 0) is 0 Å². The Hall–Kier alpha value is -1.67.